The second kappa shape index (κ2) is 7.62. The number of benzene rings is 2. The van der Waals surface area contributed by atoms with Crippen LogP contribution in [0.25, 0.3) is 0 Å². The van der Waals surface area contributed by atoms with E-state index in [-0.39, 0.29) is 5.91 Å². The molecule has 4 heteroatoms. The van der Waals surface area contributed by atoms with E-state index in [9.17, 15) is 4.79 Å². The van der Waals surface area contributed by atoms with Gasteiger partial charge in [-0.25, -0.2) is 0 Å². The van der Waals surface area contributed by atoms with Crippen LogP contribution in [0.5, 0.6) is 0 Å². The van der Waals surface area contributed by atoms with Crippen molar-refractivity contribution in [2.75, 3.05) is 12.4 Å². The first-order valence-electron chi connectivity index (χ1n) is 8.00. The number of rotatable bonds is 6. The summed E-state index contributed by atoms with van der Waals surface area (Å²) in [4.78, 5) is 13.6. The molecule has 0 aliphatic carbocycles. The number of hydrogen-bond donors (Lipinski definition) is 2. The first kappa shape index (κ1) is 16.0. The van der Waals surface area contributed by atoms with E-state index in [1.807, 2.05) is 66.7 Å². The summed E-state index contributed by atoms with van der Waals surface area (Å²) in [5.41, 5.74) is 2.65. The lowest BCUT2D eigenvalue weighted by Crippen LogP contribution is -3.06. The summed E-state index contributed by atoms with van der Waals surface area (Å²) in [5.74, 6) is 0.885. The van der Waals surface area contributed by atoms with Crippen LogP contribution < -0.4 is 10.2 Å². The van der Waals surface area contributed by atoms with Gasteiger partial charge in [-0.05, 0) is 36.4 Å². The maximum absolute atomic E-state index is 12.2. The normalized spacial score (nSPS) is 11.9. The molecule has 2 aromatic carbocycles. The number of hydrogen-bond acceptors (Lipinski definition) is 2. The average molecular weight is 321 g/mol. The molecule has 0 bridgehead atoms. The zero-order chi connectivity index (χ0) is 16.8. The van der Waals surface area contributed by atoms with E-state index in [0.717, 1.165) is 24.5 Å². The molecular formula is C20H21N2O2+. The van der Waals surface area contributed by atoms with Gasteiger partial charge in [-0.15, -0.1) is 0 Å². The van der Waals surface area contributed by atoms with Crippen LogP contribution in [0, 0.1) is 0 Å². The van der Waals surface area contributed by atoms with Crippen molar-refractivity contribution in [1.82, 2.24) is 0 Å². The van der Waals surface area contributed by atoms with Crippen LogP contribution in [0.2, 0.25) is 0 Å². The Morgan fingerprint density at radius 3 is 2.38 bits per heavy atom. The monoisotopic (exact) mass is 321 g/mol. The molecule has 1 heterocycles. The summed E-state index contributed by atoms with van der Waals surface area (Å²) in [7, 11) is 2.12. The minimum Gasteiger partial charge on any atom is -0.463 e. The quantitative estimate of drug-likeness (QED) is 0.733. The highest BCUT2D eigenvalue weighted by Gasteiger charge is 2.09. The number of amides is 1. The van der Waals surface area contributed by atoms with Crippen molar-refractivity contribution in [3.05, 3.63) is 89.9 Å². The number of quaternary nitrogens is 1. The Hall–Kier alpha value is -2.85. The Morgan fingerprint density at radius 1 is 0.958 bits per heavy atom. The number of carbonyl (C=O) groups excluding carboxylic acids is 1. The van der Waals surface area contributed by atoms with Gasteiger partial charge in [0.25, 0.3) is 5.91 Å². The van der Waals surface area contributed by atoms with Gasteiger partial charge < -0.3 is 14.6 Å². The third kappa shape index (κ3) is 4.33. The van der Waals surface area contributed by atoms with Crippen LogP contribution in [0.4, 0.5) is 5.69 Å². The second-order valence-electron chi connectivity index (χ2n) is 5.91. The molecule has 0 saturated carbocycles. The van der Waals surface area contributed by atoms with Gasteiger partial charge >= 0.3 is 0 Å². The first-order chi connectivity index (χ1) is 11.7. The molecule has 3 aromatic rings. The molecule has 0 radical (unpaired) electrons. The van der Waals surface area contributed by atoms with Crippen molar-refractivity contribution < 1.29 is 14.1 Å². The highest BCUT2D eigenvalue weighted by molar-refractivity contribution is 6.04. The van der Waals surface area contributed by atoms with Crippen LogP contribution >= 0.6 is 0 Å². The van der Waals surface area contributed by atoms with Gasteiger partial charge in [0.2, 0.25) is 0 Å². The molecule has 0 fully saturated rings. The van der Waals surface area contributed by atoms with Gasteiger partial charge in [-0.2, -0.15) is 0 Å². The summed E-state index contributed by atoms with van der Waals surface area (Å²) in [5, 5.41) is 2.89. The molecule has 1 amide bonds. The molecule has 122 valence electrons. The third-order valence-electron chi connectivity index (χ3n) is 3.81. The molecular weight excluding hydrogens is 300 g/mol. The van der Waals surface area contributed by atoms with Crippen molar-refractivity contribution in [2.45, 2.75) is 13.1 Å². The van der Waals surface area contributed by atoms with Crippen LogP contribution in [0.1, 0.15) is 21.7 Å². The molecule has 24 heavy (non-hydrogen) atoms. The van der Waals surface area contributed by atoms with Crippen LogP contribution in [0.3, 0.4) is 0 Å². The average Bonchev–Trinajstić information content (AvgIpc) is 3.09. The summed E-state index contributed by atoms with van der Waals surface area (Å²) in [6, 6.07) is 21.1. The van der Waals surface area contributed by atoms with E-state index in [4.69, 9.17) is 4.42 Å². The number of para-hydroxylation sites is 1. The third-order valence-corrected chi connectivity index (χ3v) is 3.81. The highest BCUT2D eigenvalue weighted by Crippen LogP contribution is 2.09. The molecule has 4 nitrogen and oxygen atoms in total. The first-order valence-corrected chi connectivity index (χ1v) is 8.00. The van der Waals surface area contributed by atoms with Crippen molar-refractivity contribution in [1.29, 1.82) is 0 Å². The standard InChI is InChI=1S/C20H20N2O2/c1-22(15-19-8-5-13-24-19)14-16-9-11-17(12-10-16)20(23)21-18-6-3-2-4-7-18/h2-13H,14-15H2,1H3,(H,21,23)/p+1. The predicted molar refractivity (Wildman–Crippen MR) is 93.8 cm³/mol. The number of furan rings is 1. The number of carbonyl (C=O) groups is 1. The lowest BCUT2D eigenvalue weighted by atomic mass is 10.1. The summed E-state index contributed by atoms with van der Waals surface area (Å²) in [6.45, 7) is 1.71. The largest absolute Gasteiger partial charge is 0.463 e. The van der Waals surface area contributed by atoms with Crippen LogP contribution in [-0.2, 0) is 13.1 Å². The van der Waals surface area contributed by atoms with Crippen molar-refractivity contribution in [2.24, 2.45) is 0 Å². The van der Waals surface area contributed by atoms with E-state index in [1.54, 1.807) is 6.26 Å². The molecule has 1 unspecified atom stereocenters. The smallest absolute Gasteiger partial charge is 0.255 e. The Morgan fingerprint density at radius 2 is 1.71 bits per heavy atom. The maximum Gasteiger partial charge on any atom is 0.255 e. The molecule has 3 rings (SSSR count). The van der Waals surface area contributed by atoms with E-state index in [0.29, 0.717) is 5.56 Å². The molecule has 0 saturated heterocycles. The van der Waals surface area contributed by atoms with Crippen molar-refractivity contribution in [3.8, 4) is 0 Å². The Bertz CT molecular complexity index is 765. The lowest BCUT2D eigenvalue weighted by molar-refractivity contribution is -0.908. The summed E-state index contributed by atoms with van der Waals surface area (Å²) < 4.78 is 5.38. The number of anilines is 1. The minimum atomic E-state index is -0.0935. The second-order valence-corrected chi connectivity index (χ2v) is 5.91. The lowest BCUT2D eigenvalue weighted by Gasteiger charge is -2.13. The van der Waals surface area contributed by atoms with E-state index in [1.165, 1.54) is 10.5 Å². The van der Waals surface area contributed by atoms with Crippen LogP contribution in [0.15, 0.2) is 77.4 Å². The Kier molecular flexibility index (Phi) is 5.08. The zero-order valence-corrected chi connectivity index (χ0v) is 13.7. The zero-order valence-electron chi connectivity index (χ0n) is 13.7. The van der Waals surface area contributed by atoms with E-state index >= 15 is 0 Å². The van der Waals surface area contributed by atoms with Gasteiger partial charge in [0.05, 0.1) is 13.3 Å². The van der Waals surface area contributed by atoms with Crippen LogP contribution in [-0.4, -0.2) is 13.0 Å². The highest BCUT2D eigenvalue weighted by atomic mass is 16.3. The van der Waals surface area contributed by atoms with E-state index in [2.05, 4.69) is 12.4 Å². The molecule has 2 N–H and O–H groups in total. The number of nitrogens with one attached hydrogen (secondary N) is 2. The fourth-order valence-electron chi connectivity index (χ4n) is 2.62. The summed E-state index contributed by atoms with van der Waals surface area (Å²) >= 11 is 0. The van der Waals surface area contributed by atoms with Crippen molar-refractivity contribution >= 4 is 11.6 Å². The molecule has 0 aliphatic rings. The maximum atomic E-state index is 12.2. The minimum absolute atomic E-state index is 0.0935. The van der Waals surface area contributed by atoms with Gasteiger partial charge in [-0.1, -0.05) is 30.3 Å². The van der Waals surface area contributed by atoms with Gasteiger partial charge in [-0.3, -0.25) is 4.79 Å². The Balaban J connectivity index is 1.57. The van der Waals surface area contributed by atoms with E-state index < -0.39 is 0 Å². The van der Waals surface area contributed by atoms with Gasteiger partial charge in [0.15, 0.2) is 5.76 Å². The van der Waals surface area contributed by atoms with Gasteiger partial charge in [0, 0.05) is 16.8 Å². The topological polar surface area (TPSA) is 46.7 Å². The molecule has 0 aliphatic heterocycles. The SMILES string of the molecule is C[NH+](Cc1ccc(C(=O)Nc2ccccc2)cc1)Cc1ccco1. The molecule has 1 atom stereocenters. The fourth-order valence-corrected chi connectivity index (χ4v) is 2.62. The predicted octanol–water partition coefficient (Wildman–Crippen LogP) is 2.75. The summed E-state index contributed by atoms with van der Waals surface area (Å²) in [6.07, 6.45) is 1.70. The van der Waals surface area contributed by atoms with Crippen molar-refractivity contribution in [3.63, 3.8) is 0 Å². The van der Waals surface area contributed by atoms with Gasteiger partial charge in [0.1, 0.15) is 13.1 Å². The molecule has 0 spiro atoms. The molecule has 1 aromatic heterocycles. The fraction of sp³-hybridized carbons (Fsp3) is 0.150. The Labute approximate surface area is 141 Å².